The molecule has 0 radical (unpaired) electrons. The van der Waals surface area contributed by atoms with Gasteiger partial charge >= 0.3 is 0 Å². The van der Waals surface area contributed by atoms with Gasteiger partial charge < -0.3 is 19.8 Å². The van der Waals surface area contributed by atoms with Crippen LogP contribution in [0.5, 0.6) is 0 Å². The van der Waals surface area contributed by atoms with Gasteiger partial charge in [-0.05, 0) is 43.2 Å². The van der Waals surface area contributed by atoms with Crippen LogP contribution in [0.25, 0.3) is 0 Å². The third-order valence-corrected chi connectivity index (χ3v) is 4.83. The standard InChI is InChI=1S/C18H27NO3/c20-15-8-10-19(11-9-15)12-16(21)13-22-18-7-3-5-14-4-1-2-6-17(14)18/h1-2,4,6,15-16,18,20-21H,3,5,7-13H2. The van der Waals surface area contributed by atoms with Crippen LogP contribution in [0.4, 0.5) is 0 Å². The van der Waals surface area contributed by atoms with Crippen molar-refractivity contribution in [1.29, 1.82) is 0 Å². The number of β-amino-alcohol motifs (C(OH)–C–C–N with tert-alkyl or cyclic N) is 1. The second kappa shape index (κ2) is 7.55. The molecular formula is C18H27NO3. The summed E-state index contributed by atoms with van der Waals surface area (Å²) in [6, 6.07) is 8.48. The molecule has 122 valence electrons. The van der Waals surface area contributed by atoms with E-state index in [4.69, 9.17) is 4.74 Å². The van der Waals surface area contributed by atoms with E-state index in [1.807, 2.05) is 0 Å². The van der Waals surface area contributed by atoms with Crippen LogP contribution in [-0.4, -0.2) is 53.6 Å². The summed E-state index contributed by atoms with van der Waals surface area (Å²) in [6.45, 7) is 2.76. The number of hydrogen-bond acceptors (Lipinski definition) is 4. The van der Waals surface area contributed by atoms with Crippen molar-refractivity contribution >= 4 is 0 Å². The lowest BCUT2D eigenvalue weighted by Crippen LogP contribution is -2.41. The van der Waals surface area contributed by atoms with Gasteiger partial charge in [-0.25, -0.2) is 0 Å². The van der Waals surface area contributed by atoms with Crippen LogP contribution in [0, 0.1) is 0 Å². The molecule has 0 aromatic heterocycles. The van der Waals surface area contributed by atoms with Gasteiger partial charge in [0.1, 0.15) is 0 Å². The van der Waals surface area contributed by atoms with Crippen molar-refractivity contribution in [3.8, 4) is 0 Å². The monoisotopic (exact) mass is 305 g/mol. The lowest BCUT2D eigenvalue weighted by molar-refractivity contribution is -0.0337. The quantitative estimate of drug-likeness (QED) is 0.872. The van der Waals surface area contributed by atoms with E-state index in [1.165, 1.54) is 11.1 Å². The number of aliphatic hydroxyl groups is 2. The zero-order valence-electron chi connectivity index (χ0n) is 13.2. The number of aryl methyl sites for hydroxylation is 1. The van der Waals surface area contributed by atoms with Crippen LogP contribution in [-0.2, 0) is 11.2 Å². The smallest absolute Gasteiger partial charge is 0.0900 e. The highest BCUT2D eigenvalue weighted by atomic mass is 16.5. The molecule has 4 nitrogen and oxygen atoms in total. The van der Waals surface area contributed by atoms with Crippen molar-refractivity contribution in [3.63, 3.8) is 0 Å². The molecule has 1 aromatic rings. The highest BCUT2D eigenvalue weighted by Gasteiger charge is 2.23. The number of ether oxygens (including phenoxy) is 1. The first-order valence-corrected chi connectivity index (χ1v) is 8.50. The molecular weight excluding hydrogens is 278 g/mol. The van der Waals surface area contributed by atoms with Crippen molar-refractivity contribution < 1.29 is 14.9 Å². The zero-order chi connectivity index (χ0) is 15.4. The number of likely N-dealkylation sites (tertiary alicyclic amines) is 1. The molecule has 3 rings (SSSR count). The van der Waals surface area contributed by atoms with Gasteiger partial charge in [0.2, 0.25) is 0 Å². The van der Waals surface area contributed by atoms with Crippen molar-refractivity contribution in [2.75, 3.05) is 26.2 Å². The number of rotatable bonds is 5. The van der Waals surface area contributed by atoms with Crippen molar-refractivity contribution in [1.82, 2.24) is 4.90 Å². The minimum absolute atomic E-state index is 0.128. The van der Waals surface area contributed by atoms with Crippen LogP contribution in [0.2, 0.25) is 0 Å². The van der Waals surface area contributed by atoms with Crippen LogP contribution in [0.3, 0.4) is 0 Å². The predicted molar refractivity (Wildman–Crippen MR) is 85.8 cm³/mol. The van der Waals surface area contributed by atoms with Gasteiger partial charge in [-0.1, -0.05) is 24.3 Å². The first-order chi connectivity index (χ1) is 10.7. The average molecular weight is 305 g/mol. The van der Waals surface area contributed by atoms with Gasteiger partial charge in [-0.2, -0.15) is 0 Å². The fourth-order valence-corrected chi connectivity index (χ4v) is 3.56. The fraction of sp³-hybridized carbons (Fsp3) is 0.667. The van der Waals surface area contributed by atoms with Gasteiger partial charge in [-0.15, -0.1) is 0 Å². The summed E-state index contributed by atoms with van der Waals surface area (Å²) < 4.78 is 6.01. The number of piperidine rings is 1. The summed E-state index contributed by atoms with van der Waals surface area (Å²) in [4.78, 5) is 2.22. The third kappa shape index (κ3) is 4.07. The van der Waals surface area contributed by atoms with E-state index < -0.39 is 6.10 Å². The summed E-state index contributed by atoms with van der Waals surface area (Å²) in [5.41, 5.74) is 2.68. The largest absolute Gasteiger partial charge is 0.393 e. The Morgan fingerprint density at radius 2 is 1.95 bits per heavy atom. The Kier molecular flexibility index (Phi) is 5.47. The molecule has 2 aliphatic rings. The van der Waals surface area contributed by atoms with Gasteiger partial charge in [0, 0.05) is 19.6 Å². The van der Waals surface area contributed by atoms with E-state index in [1.54, 1.807) is 0 Å². The Bertz CT molecular complexity index is 471. The zero-order valence-corrected chi connectivity index (χ0v) is 13.2. The molecule has 1 heterocycles. The molecule has 1 aliphatic heterocycles. The van der Waals surface area contributed by atoms with Gasteiger partial charge in [0.25, 0.3) is 0 Å². The summed E-state index contributed by atoms with van der Waals surface area (Å²) in [6.07, 6.45) is 4.46. The third-order valence-electron chi connectivity index (χ3n) is 4.83. The van der Waals surface area contributed by atoms with E-state index in [0.29, 0.717) is 13.2 Å². The highest BCUT2D eigenvalue weighted by molar-refractivity contribution is 5.31. The van der Waals surface area contributed by atoms with Crippen molar-refractivity contribution in [2.45, 2.75) is 50.4 Å². The molecule has 1 fully saturated rings. The van der Waals surface area contributed by atoms with E-state index in [0.717, 1.165) is 45.2 Å². The Morgan fingerprint density at radius 3 is 2.77 bits per heavy atom. The SMILES string of the molecule is OC1CCN(CC(O)COC2CCCc3ccccc32)CC1. The van der Waals surface area contributed by atoms with E-state index in [-0.39, 0.29) is 12.2 Å². The van der Waals surface area contributed by atoms with Crippen molar-refractivity contribution in [3.05, 3.63) is 35.4 Å². The molecule has 1 saturated heterocycles. The maximum atomic E-state index is 10.2. The Hall–Kier alpha value is -0.940. The number of hydrogen-bond donors (Lipinski definition) is 2. The van der Waals surface area contributed by atoms with Gasteiger partial charge in [0.15, 0.2) is 0 Å². The first-order valence-electron chi connectivity index (χ1n) is 8.50. The lowest BCUT2D eigenvalue weighted by atomic mass is 9.89. The van der Waals surface area contributed by atoms with Gasteiger partial charge in [0.05, 0.1) is 24.9 Å². The molecule has 1 aromatic carbocycles. The normalized spacial score (nSPS) is 24.9. The fourth-order valence-electron chi connectivity index (χ4n) is 3.56. The Balaban J connectivity index is 1.46. The average Bonchev–Trinajstić information content (AvgIpc) is 2.55. The molecule has 2 unspecified atom stereocenters. The van der Waals surface area contributed by atoms with Crippen molar-refractivity contribution in [2.24, 2.45) is 0 Å². The molecule has 0 saturated carbocycles. The molecule has 22 heavy (non-hydrogen) atoms. The first kappa shape index (κ1) is 15.9. The minimum atomic E-state index is -0.454. The number of benzene rings is 1. The van der Waals surface area contributed by atoms with Gasteiger partial charge in [-0.3, -0.25) is 0 Å². The molecule has 0 amide bonds. The van der Waals surface area contributed by atoms with Crippen LogP contribution < -0.4 is 0 Å². The van der Waals surface area contributed by atoms with E-state index >= 15 is 0 Å². The number of nitrogens with zero attached hydrogens (tertiary/aromatic N) is 1. The lowest BCUT2D eigenvalue weighted by Gasteiger charge is -2.32. The summed E-state index contributed by atoms with van der Waals surface area (Å²) in [7, 11) is 0. The molecule has 1 aliphatic carbocycles. The molecule has 0 bridgehead atoms. The van der Waals surface area contributed by atoms with Crippen LogP contribution >= 0.6 is 0 Å². The topological polar surface area (TPSA) is 52.9 Å². The second-order valence-electron chi connectivity index (χ2n) is 6.60. The molecule has 2 N–H and O–H groups in total. The van der Waals surface area contributed by atoms with Crippen LogP contribution in [0.1, 0.15) is 42.9 Å². The van der Waals surface area contributed by atoms with Crippen LogP contribution in [0.15, 0.2) is 24.3 Å². The van der Waals surface area contributed by atoms with E-state index in [2.05, 4.69) is 29.2 Å². The second-order valence-corrected chi connectivity index (χ2v) is 6.60. The summed E-state index contributed by atoms with van der Waals surface area (Å²) >= 11 is 0. The highest BCUT2D eigenvalue weighted by Crippen LogP contribution is 2.32. The Morgan fingerprint density at radius 1 is 1.18 bits per heavy atom. The summed E-state index contributed by atoms with van der Waals surface area (Å²) in [5, 5.41) is 19.7. The maximum Gasteiger partial charge on any atom is 0.0900 e. The summed E-state index contributed by atoms with van der Waals surface area (Å²) in [5.74, 6) is 0. The molecule has 4 heteroatoms. The number of fused-ring (bicyclic) bond motifs is 1. The maximum absolute atomic E-state index is 10.2. The molecule has 0 spiro atoms. The minimum Gasteiger partial charge on any atom is -0.393 e. The predicted octanol–water partition coefficient (Wildman–Crippen LogP) is 1.90. The van der Waals surface area contributed by atoms with E-state index in [9.17, 15) is 10.2 Å². The molecule has 2 atom stereocenters. The number of aliphatic hydroxyl groups excluding tert-OH is 2. The Labute approximate surface area is 132 Å².